The van der Waals surface area contributed by atoms with Crippen LogP contribution in [0.25, 0.3) is 0 Å². The molecule has 1 aromatic heterocycles. The van der Waals surface area contributed by atoms with Crippen molar-refractivity contribution >= 4 is 17.3 Å². The first-order chi connectivity index (χ1) is 10.2. The lowest BCUT2D eigenvalue weighted by Gasteiger charge is -2.33. The average molecular weight is 308 g/mol. The van der Waals surface area contributed by atoms with Crippen LogP contribution in [0.2, 0.25) is 0 Å². The summed E-state index contributed by atoms with van der Waals surface area (Å²) in [4.78, 5) is 9.75. The number of thiophene rings is 1. The number of rotatable bonds is 5. The third-order valence-corrected chi connectivity index (χ3v) is 5.04. The standard InChI is InChI=1S/C15H24N4OS/c1-11-2-5-14(21-11)13(19-6-8-20-9-7-19)10-17-15(16)18-12-3-4-12/h2,5,12-13H,3-4,6-10H2,1H3,(H3,16,17,18). The van der Waals surface area contributed by atoms with Gasteiger partial charge in [-0.25, -0.2) is 0 Å². The maximum Gasteiger partial charge on any atom is 0.188 e. The number of nitrogens with one attached hydrogen (secondary N) is 1. The Morgan fingerprint density at radius 1 is 1.48 bits per heavy atom. The summed E-state index contributed by atoms with van der Waals surface area (Å²) in [6, 6.07) is 5.27. The molecule has 0 bridgehead atoms. The van der Waals surface area contributed by atoms with Crippen LogP contribution in [-0.4, -0.2) is 49.7 Å². The van der Waals surface area contributed by atoms with E-state index in [9.17, 15) is 0 Å². The molecular formula is C15H24N4OS. The number of morpholine rings is 1. The number of ether oxygens (including phenoxy) is 1. The summed E-state index contributed by atoms with van der Waals surface area (Å²) in [6.45, 7) is 6.41. The Morgan fingerprint density at radius 3 is 2.86 bits per heavy atom. The fourth-order valence-corrected chi connectivity index (χ4v) is 3.58. The van der Waals surface area contributed by atoms with Gasteiger partial charge in [-0.1, -0.05) is 0 Å². The molecule has 0 aromatic carbocycles. The van der Waals surface area contributed by atoms with Gasteiger partial charge in [0.1, 0.15) is 0 Å². The van der Waals surface area contributed by atoms with Crippen molar-refractivity contribution in [2.75, 3.05) is 32.8 Å². The number of nitrogens with two attached hydrogens (primary N) is 1. The SMILES string of the molecule is Cc1ccc(C(CN=C(N)NC2CC2)N2CCOCC2)s1. The summed E-state index contributed by atoms with van der Waals surface area (Å²) in [5, 5.41) is 3.26. The molecule has 1 unspecified atom stereocenters. The first kappa shape index (κ1) is 14.8. The molecule has 3 N–H and O–H groups in total. The Hall–Kier alpha value is -1.11. The molecule has 116 valence electrons. The molecule has 2 heterocycles. The Bertz CT molecular complexity index is 492. The van der Waals surface area contributed by atoms with Gasteiger partial charge in [0, 0.05) is 28.9 Å². The first-order valence-corrected chi connectivity index (χ1v) is 8.48. The fourth-order valence-electron chi connectivity index (χ4n) is 2.57. The third kappa shape index (κ3) is 4.18. The lowest BCUT2D eigenvalue weighted by atomic mass is 10.2. The largest absolute Gasteiger partial charge is 0.379 e. The maximum atomic E-state index is 5.97. The number of nitrogens with zero attached hydrogens (tertiary/aromatic N) is 2. The van der Waals surface area contributed by atoms with Crippen LogP contribution in [0.1, 0.15) is 28.6 Å². The van der Waals surface area contributed by atoms with Crippen molar-refractivity contribution in [1.29, 1.82) is 0 Å². The second-order valence-corrected chi connectivity index (χ2v) is 7.08. The van der Waals surface area contributed by atoms with E-state index in [0.717, 1.165) is 26.3 Å². The van der Waals surface area contributed by atoms with E-state index >= 15 is 0 Å². The van der Waals surface area contributed by atoms with Gasteiger partial charge in [-0.15, -0.1) is 11.3 Å². The molecule has 2 fully saturated rings. The minimum absolute atomic E-state index is 0.312. The van der Waals surface area contributed by atoms with Crippen LogP contribution in [0.4, 0.5) is 0 Å². The van der Waals surface area contributed by atoms with Gasteiger partial charge >= 0.3 is 0 Å². The Balaban J connectivity index is 1.68. The Labute approximate surface area is 130 Å². The molecule has 1 atom stereocenters. The molecule has 3 rings (SSSR count). The normalized spacial score (nSPS) is 22.2. The van der Waals surface area contributed by atoms with Crippen molar-refractivity contribution in [1.82, 2.24) is 10.2 Å². The van der Waals surface area contributed by atoms with Gasteiger partial charge in [0.2, 0.25) is 0 Å². The summed E-state index contributed by atoms with van der Waals surface area (Å²) in [5.41, 5.74) is 5.97. The molecule has 2 aliphatic rings. The molecule has 1 saturated carbocycles. The zero-order valence-corrected chi connectivity index (χ0v) is 13.4. The highest BCUT2D eigenvalue weighted by atomic mass is 32.1. The van der Waals surface area contributed by atoms with Crippen LogP contribution >= 0.6 is 11.3 Å². The topological polar surface area (TPSA) is 62.9 Å². The molecule has 0 amide bonds. The molecule has 0 spiro atoms. The van der Waals surface area contributed by atoms with Crippen LogP contribution in [0.5, 0.6) is 0 Å². The lowest BCUT2D eigenvalue weighted by Crippen LogP contribution is -2.41. The predicted octanol–water partition coefficient (Wildman–Crippen LogP) is 1.50. The number of hydrogen-bond donors (Lipinski definition) is 2. The van der Waals surface area contributed by atoms with E-state index in [1.54, 1.807) is 0 Å². The Kier molecular flexibility index (Phi) is 4.77. The highest BCUT2D eigenvalue weighted by molar-refractivity contribution is 7.12. The van der Waals surface area contributed by atoms with E-state index in [1.807, 2.05) is 11.3 Å². The molecule has 1 aliphatic carbocycles. The molecule has 1 aliphatic heterocycles. The van der Waals surface area contributed by atoms with Crippen molar-refractivity contribution in [2.45, 2.75) is 31.8 Å². The molecule has 5 nitrogen and oxygen atoms in total. The van der Waals surface area contributed by atoms with Crippen molar-refractivity contribution < 1.29 is 4.74 Å². The van der Waals surface area contributed by atoms with Crippen molar-refractivity contribution in [2.24, 2.45) is 10.7 Å². The van der Waals surface area contributed by atoms with Crippen molar-refractivity contribution in [3.63, 3.8) is 0 Å². The van der Waals surface area contributed by atoms with E-state index in [4.69, 9.17) is 10.5 Å². The van der Waals surface area contributed by atoms with Gasteiger partial charge in [0.05, 0.1) is 25.8 Å². The lowest BCUT2D eigenvalue weighted by molar-refractivity contribution is 0.0187. The van der Waals surface area contributed by atoms with Gasteiger partial charge in [-0.05, 0) is 31.9 Å². The second-order valence-electron chi connectivity index (χ2n) is 5.76. The summed E-state index contributed by atoms with van der Waals surface area (Å²) in [6.07, 6.45) is 2.43. The Morgan fingerprint density at radius 2 is 2.24 bits per heavy atom. The molecule has 21 heavy (non-hydrogen) atoms. The van der Waals surface area contributed by atoms with E-state index < -0.39 is 0 Å². The quantitative estimate of drug-likeness (QED) is 0.639. The molecular weight excluding hydrogens is 284 g/mol. The minimum Gasteiger partial charge on any atom is -0.379 e. The molecule has 1 saturated heterocycles. The van der Waals surface area contributed by atoms with Crippen LogP contribution < -0.4 is 11.1 Å². The summed E-state index contributed by atoms with van der Waals surface area (Å²) in [5.74, 6) is 0.587. The summed E-state index contributed by atoms with van der Waals surface area (Å²) >= 11 is 1.85. The van der Waals surface area contributed by atoms with E-state index in [1.165, 1.54) is 22.6 Å². The smallest absolute Gasteiger partial charge is 0.188 e. The first-order valence-electron chi connectivity index (χ1n) is 7.67. The second kappa shape index (κ2) is 6.77. The third-order valence-electron chi connectivity index (χ3n) is 3.94. The van der Waals surface area contributed by atoms with Crippen molar-refractivity contribution in [3.05, 3.63) is 21.9 Å². The summed E-state index contributed by atoms with van der Waals surface area (Å²) in [7, 11) is 0. The monoisotopic (exact) mass is 308 g/mol. The van der Waals surface area contributed by atoms with Gasteiger partial charge < -0.3 is 15.8 Å². The van der Waals surface area contributed by atoms with Crippen LogP contribution in [0.15, 0.2) is 17.1 Å². The van der Waals surface area contributed by atoms with E-state index in [2.05, 4.69) is 34.3 Å². The summed E-state index contributed by atoms with van der Waals surface area (Å²) < 4.78 is 5.47. The van der Waals surface area contributed by atoms with Crippen LogP contribution in [-0.2, 0) is 4.74 Å². The number of aliphatic imine (C=N–C) groups is 1. The van der Waals surface area contributed by atoms with Gasteiger partial charge in [0.15, 0.2) is 5.96 Å². The number of aryl methyl sites for hydroxylation is 1. The number of guanidine groups is 1. The van der Waals surface area contributed by atoms with E-state index in [0.29, 0.717) is 24.6 Å². The van der Waals surface area contributed by atoms with Gasteiger partial charge in [-0.3, -0.25) is 9.89 Å². The van der Waals surface area contributed by atoms with Crippen LogP contribution in [0, 0.1) is 6.92 Å². The molecule has 6 heteroatoms. The fraction of sp³-hybridized carbons (Fsp3) is 0.667. The highest BCUT2D eigenvalue weighted by Crippen LogP contribution is 2.28. The minimum atomic E-state index is 0.312. The zero-order chi connectivity index (χ0) is 14.7. The predicted molar refractivity (Wildman–Crippen MR) is 86.8 cm³/mol. The van der Waals surface area contributed by atoms with Crippen molar-refractivity contribution in [3.8, 4) is 0 Å². The van der Waals surface area contributed by atoms with Gasteiger partial charge in [-0.2, -0.15) is 0 Å². The zero-order valence-electron chi connectivity index (χ0n) is 12.5. The molecule has 0 radical (unpaired) electrons. The molecule has 1 aromatic rings. The highest BCUT2D eigenvalue weighted by Gasteiger charge is 2.25. The van der Waals surface area contributed by atoms with Crippen LogP contribution in [0.3, 0.4) is 0 Å². The maximum absolute atomic E-state index is 5.97. The van der Waals surface area contributed by atoms with E-state index in [-0.39, 0.29) is 0 Å². The number of hydrogen-bond acceptors (Lipinski definition) is 4. The average Bonchev–Trinajstić information content (AvgIpc) is 3.20. The van der Waals surface area contributed by atoms with Gasteiger partial charge in [0.25, 0.3) is 0 Å².